The van der Waals surface area contributed by atoms with E-state index in [1.165, 1.54) is 75.7 Å². The van der Waals surface area contributed by atoms with Gasteiger partial charge in [-0.15, -0.1) is 0 Å². The third-order valence-corrected chi connectivity index (χ3v) is 14.0. The normalized spacial score (nSPS) is 13.3. The second kappa shape index (κ2) is 13.2. The lowest BCUT2D eigenvalue weighted by atomic mass is 9.67. The maximum Gasteiger partial charge on any atom is 0.160 e. The average molecular weight is 794 g/mol. The second-order valence-electron chi connectivity index (χ2n) is 16.1. The maximum absolute atomic E-state index is 5.36. The molecule has 13 rings (SSSR count). The molecule has 0 saturated carbocycles. The molecule has 3 nitrogen and oxygen atoms in total. The molecular formula is C57H35N3S. The van der Waals surface area contributed by atoms with Crippen molar-refractivity contribution >= 4 is 44.3 Å². The lowest BCUT2D eigenvalue weighted by Gasteiger charge is -2.39. The summed E-state index contributed by atoms with van der Waals surface area (Å²) in [7, 11) is 0. The van der Waals surface area contributed by atoms with Gasteiger partial charge in [0.2, 0.25) is 0 Å². The molecule has 61 heavy (non-hydrogen) atoms. The molecule has 0 saturated heterocycles. The number of fused-ring (bicyclic) bond motifs is 14. The highest BCUT2D eigenvalue weighted by atomic mass is 32.2. The SMILES string of the molecule is c1ccc(-c2nc(-c3cccc(-n4c5ccccc5c5c6ccccc6ccc54)c3)cc(-c3ccc4c(c3)C3(c5ccccc5S4)c4ccccc4-c4ccccc43)n2)cc1. The minimum Gasteiger partial charge on any atom is -0.309 e. The van der Waals surface area contributed by atoms with Crippen molar-refractivity contribution in [3.63, 3.8) is 0 Å². The minimum absolute atomic E-state index is 0.472. The molecule has 4 heteroatoms. The topological polar surface area (TPSA) is 30.7 Å². The van der Waals surface area contributed by atoms with Gasteiger partial charge in [-0.05, 0) is 92.7 Å². The van der Waals surface area contributed by atoms with E-state index < -0.39 is 5.41 Å². The van der Waals surface area contributed by atoms with Gasteiger partial charge in [0.15, 0.2) is 5.82 Å². The molecule has 0 fully saturated rings. The molecule has 3 heterocycles. The van der Waals surface area contributed by atoms with Gasteiger partial charge in [-0.25, -0.2) is 9.97 Å². The van der Waals surface area contributed by atoms with Crippen molar-refractivity contribution in [1.29, 1.82) is 0 Å². The van der Waals surface area contributed by atoms with Gasteiger partial charge >= 0.3 is 0 Å². The Morgan fingerprint density at radius 2 is 1.02 bits per heavy atom. The summed E-state index contributed by atoms with van der Waals surface area (Å²) >= 11 is 1.86. The van der Waals surface area contributed by atoms with E-state index in [0.717, 1.165) is 33.8 Å². The van der Waals surface area contributed by atoms with Crippen LogP contribution in [0.2, 0.25) is 0 Å². The van der Waals surface area contributed by atoms with Crippen molar-refractivity contribution in [3.05, 3.63) is 235 Å². The molecule has 284 valence electrons. The second-order valence-corrected chi connectivity index (χ2v) is 17.1. The molecule has 0 amide bonds. The highest BCUT2D eigenvalue weighted by Gasteiger charge is 2.50. The minimum atomic E-state index is -0.472. The van der Waals surface area contributed by atoms with E-state index in [4.69, 9.17) is 9.97 Å². The Labute approximate surface area is 357 Å². The molecule has 1 aliphatic heterocycles. The van der Waals surface area contributed by atoms with Crippen LogP contribution < -0.4 is 0 Å². The zero-order valence-corrected chi connectivity index (χ0v) is 33.8. The van der Waals surface area contributed by atoms with Gasteiger partial charge in [-0.1, -0.05) is 176 Å². The summed E-state index contributed by atoms with van der Waals surface area (Å²) in [5.74, 6) is 0.700. The van der Waals surface area contributed by atoms with Gasteiger partial charge in [0.25, 0.3) is 0 Å². The van der Waals surface area contributed by atoms with Gasteiger partial charge in [-0.2, -0.15) is 0 Å². The Kier molecular flexibility index (Phi) is 7.45. The third kappa shape index (κ3) is 5.00. The van der Waals surface area contributed by atoms with Crippen molar-refractivity contribution in [1.82, 2.24) is 14.5 Å². The Morgan fingerprint density at radius 1 is 0.393 bits per heavy atom. The number of aromatic nitrogens is 3. The molecule has 9 aromatic carbocycles. The highest BCUT2D eigenvalue weighted by Crippen LogP contribution is 2.62. The van der Waals surface area contributed by atoms with E-state index in [1.54, 1.807) is 0 Å². The van der Waals surface area contributed by atoms with E-state index in [0.29, 0.717) is 5.82 Å². The molecule has 0 unspecified atom stereocenters. The largest absolute Gasteiger partial charge is 0.309 e. The summed E-state index contributed by atoms with van der Waals surface area (Å²) in [6.45, 7) is 0. The van der Waals surface area contributed by atoms with Crippen molar-refractivity contribution in [3.8, 4) is 50.7 Å². The first kappa shape index (κ1) is 34.3. The van der Waals surface area contributed by atoms with E-state index in [2.05, 4.69) is 211 Å². The van der Waals surface area contributed by atoms with Gasteiger partial charge in [0.05, 0.1) is 27.8 Å². The molecule has 1 spiro atoms. The monoisotopic (exact) mass is 793 g/mol. The van der Waals surface area contributed by atoms with E-state index in [1.807, 2.05) is 17.8 Å². The molecule has 0 bridgehead atoms. The van der Waals surface area contributed by atoms with Crippen molar-refractivity contribution in [2.75, 3.05) is 0 Å². The molecule has 11 aromatic rings. The lowest BCUT2D eigenvalue weighted by molar-refractivity contribution is 0.722. The highest BCUT2D eigenvalue weighted by molar-refractivity contribution is 7.99. The molecule has 0 atom stereocenters. The number of hydrogen-bond acceptors (Lipinski definition) is 3. The predicted octanol–water partition coefficient (Wildman–Crippen LogP) is 14.6. The van der Waals surface area contributed by atoms with Crippen LogP contribution in [-0.2, 0) is 5.41 Å². The van der Waals surface area contributed by atoms with E-state index in [-0.39, 0.29) is 0 Å². The Balaban J connectivity index is 1.02. The molecule has 0 radical (unpaired) electrons. The first-order valence-corrected chi connectivity index (χ1v) is 21.6. The van der Waals surface area contributed by atoms with Crippen LogP contribution in [0.5, 0.6) is 0 Å². The number of para-hydroxylation sites is 1. The first-order valence-electron chi connectivity index (χ1n) is 20.8. The fourth-order valence-corrected chi connectivity index (χ4v) is 11.5. The van der Waals surface area contributed by atoms with Crippen LogP contribution in [0, 0.1) is 0 Å². The quantitative estimate of drug-likeness (QED) is 0.178. The smallest absolute Gasteiger partial charge is 0.160 e. The van der Waals surface area contributed by atoms with Crippen molar-refractivity contribution in [2.45, 2.75) is 15.2 Å². The van der Waals surface area contributed by atoms with Crippen LogP contribution in [0.15, 0.2) is 222 Å². The fraction of sp³-hybridized carbons (Fsp3) is 0.0175. The third-order valence-electron chi connectivity index (χ3n) is 12.9. The molecular weight excluding hydrogens is 759 g/mol. The van der Waals surface area contributed by atoms with Crippen LogP contribution in [0.4, 0.5) is 0 Å². The maximum atomic E-state index is 5.36. The standard InChI is InChI=1S/C57H35N3S/c1-2-16-37(17-3-1)56-58-49(38-18-14-19-40(33-38)60-51-27-12-8-23-44(51)55-41-20-5-4-15-36(41)29-31-52(55)60)35-50(59-56)39-30-32-54-48(34-39)57(47-26-11-13-28-53(47)61-54)45-24-9-6-21-42(45)43-22-7-10-25-46(43)57/h1-35H. The molecule has 2 aromatic heterocycles. The predicted molar refractivity (Wildman–Crippen MR) is 252 cm³/mol. The molecule has 0 N–H and O–H groups in total. The Hall–Kier alpha value is -7.53. The molecule has 1 aliphatic carbocycles. The summed E-state index contributed by atoms with van der Waals surface area (Å²) in [5, 5.41) is 5.02. The van der Waals surface area contributed by atoms with E-state index in [9.17, 15) is 0 Å². The summed E-state index contributed by atoms with van der Waals surface area (Å²) in [6.07, 6.45) is 0. The Bertz CT molecular complexity index is 3540. The number of benzene rings is 9. The van der Waals surface area contributed by atoms with E-state index >= 15 is 0 Å². The number of nitrogens with zero attached hydrogens (tertiary/aromatic N) is 3. The average Bonchev–Trinajstić information content (AvgIpc) is 3.83. The van der Waals surface area contributed by atoms with Crippen molar-refractivity contribution < 1.29 is 0 Å². The summed E-state index contributed by atoms with van der Waals surface area (Å²) in [4.78, 5) is 13.2. The Morgan fingerprint density at radius 3 is 1.82 bits per heavy atom. The lowest BCUT2D eigenvalue weighted by Crippen LogP contribution is -2.32. The van der Waals surface area contributed by atoms with Gasteiger partial charge in [-0.3, -0.25) is 0 Å². The van der Waals surface area contributed by atoms with Gasteiger partial charge in [0, 0.05) is 42.9 Å². The van der Waals surface area contributed by atoms with Crippen LogP contribution in [0.3, 0.4) is 0 Å². The van der Waals surface area contributed by atoms with Crippen LogP contribution in [-0.4, -0.2) is 14.5 Å². The van der Waals surface area contributed by atoms with Crippen molar-refractivity contribution in [2.24, 2.45) is 0 Å². The van der Waals surface area contributed by atoms with Crippen LogP contribution in [0.1, 0.15) is 22.3 Å². The summed E-state index contributed by atoms with van der Waals surface area (Å²) in [5.41, 5.74) is 15.7. The zero-order valence-electron chi connectivity index (χ0n) is 33.0. The summed E-state index contributed by atoms with van der Waals surface area (Å²) in [6, 6.07) is 77.2. The van der Waals surface area contributed by atoms with Gasteiger partial charge < -0.3 is 4.57 Å². The molecule has 2 aliphatic rings. The van der Waals surface area contributed by atoms with Gasteiger partial charge in [0.1, 0.15) is 0 Å². The fourth-order valence-electron chi connectivity index (χ4n) is 10.3. The van der Waals surface area contributed by atoms with Crippen LogP contribution in [0.25, 0.3) is 83.3 Å². The van der Waals surface area contributed by atoms with Crippen LogP contribution >= 0.6 is 11.8 Å². The number of rotatable bonds is 4. The number of hydrogen-bond donors (Lipinski definition) is 0. The zero-order chi connectivity index (χ0) is 40.1. The first-order chi connectivity index (χ1) is 30.2. The summed E-state index contributed by atoms with van der Waals surface area (Å²) < 4.78 is 2.40.